The first kappa shape index (κ1) is 22.2. The highest BCUT2D eigenvalue weighted by molar-refractivity contribution is 14.1. The van der Waals surface area contributed by atoms with E-state index in [0.29, 0.717) is 7.14 Å². The Hall–Kier alpha value is 0.120. The van der Waals surface area contributed by atoms with Crippen molar-refractivity contribution in [1.82, 2.24) is 0 Å². The summed E-state index contributed by atoms with van der Waals surface area (Å²) in [5.41, 5.74) is 0. The van der Waals surface area contributed by atoms with Crippen molar-refractivity contribution in [2.24, 2.45) is 0 Å². The van der Waals surface area contributed by atoms with Crippen LogP contribution < -0.4 is 4.74 Å². The molecule has 0 aliphatic carbocycles. The first-order valence-corrected chi connectivity index (χ1v) is 10.3. The van der Waals surface area contributed by atoms with E-state index in [1.54, 1.807) is 12.1 Å². The fraction of sp³-hybridized carbons (Fsp3) is 0.273. The smallest absolute Gasteiger partial charge is 0.367 e. The fourth-order valence-corrected chi connectivity index (χ4v) is 5.19. The van der Waals surface area contributed by atoms with Crippen molar-refractivity contribution in [2.45, 2.75) is 11.7 Å². The molecule has 0 saturated heterocycles. The van der Waals surface area contributed by atoms with E-state index >= 15 is 0 Å². The lowest BCUT2D eigenvalue weighted by atomic mass is 10.3. The third-order valence-corrected chi connectivity index (χ3v) is 5.31. The van der Waals surface area contributed by atoms with Crippen LogP contribution in [0.25, 0.3) is 0 Å². The Morgan fingerprint density at radius 1 is 1.12 bits per heavy atom. The standard InChI is InChI=1S/C11H7F2I3O7S/c12-11(13,24(19,20)21)4-22-8(17)3-9(18)23-10-6(15)1-5(14)2-7(10)16/h1-2H,3-4H2,(H,19,20,21)/p-1. The van der Waals surface area contributed by atoms with Gasteiger partial charge < -0.3 is 14.0 Å². The monoisotopic (exact) mass is 701 g/mol. The summed E-state index contributed by atoms with van der Waals surface area (Å²) in [6.45, 7) is -1.97. The Balaban J connectivity index is 2.65. The van der Waals surface area contributed by atoms with Gasteiger partial charge in [0.05, 0.1) is 7.14 Å². The first-order valence-electron chi connectivity index (χ1n) is 5.67. The van der Waals surface area contributed by atoms with Crippen LogP contribution in [0, 0.1) is 10.7 Å². The summed E-state index contributed by atoms with van der Waals surface area (Å²) in [5.74, 6) is -2.33. The average molecular weight is 701 g/mol. The number of esters is 2. The van der Waals surface area contributed by atoms with Crippen LogP contribution in [0.5, 0.6) is 5.75 Å². The SMILES string of the molecule is O=C(CC(=O)Oc1c(I)cc(I)cc1I)OCC(F)(F)S(=O)(=O)[O-]. The number of carbonyl (C=O) groups excluding carboxylic acids is 2. The maximum atomic E-state index is 12.8. The Kier molecular flexibility index (Phi) is 8.01. The molecule has 0 amide bonds. The minimum atomic E-state index is -5.97. The molecule has 0 bridgehead atoms. The molecule has 0 fully saturated rings. The number of carbonyl (C=O) groups is 2. The molecule has 0 heterocycles. The molecule has 1 aromatic carbocycles. The summed E-state index contributed by atoms with van der Waals surface area (Å²) in [4.78, 5) is 22.9. The van der Waals surface area contributed by atoms with E-state index in [-0.39, 0.29) is 5.75 Å². The number of alkyl halides is 2. The minimum Gasteiger partial charge on any atom is -0.743 e. The van der Waals surface area contributed by atoms with Crippen molar-refractivity contribution in [2.75, 3.05) is 6.61 Å². The van der Waals surface area contributed by atoms with Gasteiger partial charge in [-0.1, -0.05) is 0 Å². The number of ether oxygens (including phenoxy) is 2. The van der Waals surface area contributed by atoms with Crippen LogP contribution in [0.3, 0.4) is 0 Å². The van der Waals surface area contributed by atoms with Gasteiger partial charge in [-0.2, -0.15) is 8.78 Å². The molecule has 0 aliphatic rings. The Labute approximate surface area is 176 Å². The summed E-state index contributed by atoms with van der Waals surface area (Å²) in [6.07, 6.45) is -1.02. The van der Waals surface area contributed by atoms with Gasteiger partial charge in [0.25, 0.3) is 0 Å². The highest BCUT2D eigenvalue weighted by Crippen LogP contribution is 2.30. The molecule has 0 unspecified atom stereocenters. The molecule has 0 aliphatic heterocycles. The molecule has 0 radical (unpaired) electrons. The molecule has 24 heavy (non-hydrogen) atoms. The van der Waals surface area contributed by atoms with Crippen molar-refractivity contribution in [3.05, 3.63) is 22.8 Å². The molecular weight excluding hydrogens is 695 g/mol. The molecule has 7 nitrogen and oxygen atoms in total. The number of halogens is 5. The largest absolute Gasteiger partial charge is 0.743 e. The van der Waals surface area contributed by atoms with Gasteiger partial charge >= 0.3 is 17.2 Å². The van der Waals surface area contributed by atoms with Crippen molar-refractivity contribution in [3.63, 3.8) is 0 Å². The van der Waals surface area contributed by atoms with Gasteiger partial charge in [0, 0.05) is 3.57 Å². The zero-order valence-electron chi connectivity index (χ0n) is 11.2. The predicted octanol–water partition coefficient (Wildman–Crippen LogP) is 2.48. The van der Waals surface area contributed by atoms with E-state index in [1.807, 2.05) is 45.2 Å². The van der Waals surface area contributed by atoms with Crippen LogP contribution in [0.15, 0.2) is 12.1 Å². The summed E-state index contributed by atoms with van der Waals surface area (Å²) >= 11 is 5.88. The summed E-state index contributed by atoms with van der Waals surface area (Å²) in [7, 11) is -5.97. The Morgan fingerprint density at radius 2 is 1.62 bits per heavy atom. The fourth-order valence-electron chi connectivity index (χ4n) is 1.18. The highest BCUT2D eigenvalue weighted by Gasteiger charge is 2.39. The maximum Gasteiger partial charge on any atom is 0.367 e. The lowest BCUT2D eigenvalue weighted by molar-refractivity contribution is -0.154. The molecule has 0 spiro atoms. The molecule has 13 heteroatoms. The van der Waals surface area contributed by atoms with Crippen LogP contribution in [0.1, 0.15) is 6.42 Å². The third kappa shape index (κ3) is 6.45. The van der Waals surface area contributed by atoms with E-state index < -0.39 is 40.3 Å². The normalized spacial score (nSPS) is 11.9. The lowest BCUT2D eigenvalue weighted by Crippen LogP contribution is -2.35. The second kappa shape index (κ2) is 8.67. The van der Waals surface area contributed by atoms with Gasteiger partial charge in [0.15, 0.2) is 22.5 Å². The van der Waals surface area contributed by atoms with E-state index in [4.69, 9.17) is 4.74 Å². The minimum absolute atomic E-state index is 0.196. The van der Waals surface area contributed by atoms with E-state index in [1.165, 1.54) is 0 Å². The molecule has 134 valence electrons. The zero-order valence-corrected chi connectivity index (χ0v) is 18.5. The van der Waals surface area contributed by atoms with Crippen LogP contribution in [-0.2, 0) is 24.4 Å². The second-order valence-electron chi connectivity index (χ2n) is 4.10. The summed E-state index contributed by atoms with van der Waals surface area (Å²) in [6, 6.07) is 3.42. The average Bonchev–Trinajstić information content (AvgIpc) is 2.39. The first-order chi connectivity index (χ1) is 10.8. The van der Waals surface area contributed by atoms with Crippen molar-refractivity contribution >= 4 is 89.8 Å². The quantitative estimate of drug-likeness (QED) is 0.148. The Morgan fingerprint density at radius 3 is 2.08 bits per heavy atom. The van der Waals surface area contributed by atoms with Gasteiger partial charge in [-0.3, -0.25) is 9.59 Å². The van der Waals surface area contributed by atoms with Gasteiger partial charge in [-0.05, 0) is 79.9 Å². The second-order valence-corrected chi connectivity index (χ2v) is 9.18. The number of hydrogen-bond donors (Lipinski definition) is 0. The summed E-state index contributed by atoms with van der Waals surface area (Å²) < 4.78 is 67.4. The zero-order chi connectivity index (χ0) is 18.7. The molecule has 0 aromatic heterocycles. The molecule has 1 rings (SSSR count). The molecule has 0 N–H and O–H groups in total. The third-order valence-electron chi connectivity index (χ3n) is 2.23. The summed E-state index contributed by atoms with van der Waals surface area (Å²) in [5, 5.41) is -4.77. The van der Waals surface area contributed by atoms with Crippen LogP contribution in [-0.4, -0.2) is 36.8 Å². The number of hydrogen-bond acceptors (Lipinski definition) is 7. The lowest BCUT2D eigenvalue weighted by Gasteiger charge is -2.19. The van der Waals surface area contributed by atoms with Crippen molar-refractivity contribution < 1.29 is 40.8 Å². The van der Waals surface area contributed by atoms with Crippen LogP contribution in [0.2, 0.25) is 0 Å². The number of benzene rings is 1. The van der Waals surface area contributed by atoms with Gasteiger partial charge in [-0.25, -0.2) is 8.42 Å². The van der Waals surface area contributed by atoms with Gasteiger partial charge in [-0.15, -0.1) is 0 Å². The van der Waals surface area contributed by atoms with Crippen molar-refractivity contribution in [1.29, 1.82) is 0 Å². The number of rotatable bonds is 6. The molecular formula is C11H6F2I3O7S-. The van der Waals surface area contributed by atoms with Gasteiger partial charge in [0.2, 0.25) is 0 Å². The predicted molar refractivity (Wildman–Crippen MR) is 100 cm³/mol. The van der Waals surface area contributed by atoms with E-state index in [0.717, 1.165) is 3.57 Å². The van der Waals surface area contributed by atoms with Crippen molar-refractivity contribution in [3.8, 4) is 5.75 Å². The van der Waals surface area contributed by atoms with Gasteiger partial charge in [0.1, 0.15) is 6.42 Å². The molecule has 0 atom stereocenters. The van der Waals surface area contributed by atoms with E-state index in [9.17, 15) is 31.3 Å². The highest BCUT2D eigenvalue weighted by atomic mass is 127. The molecule has 0 saturated carbocycles. The van der Waals surface area contributed by atoms with E-state index in [2.05, 4.69) is 27.3 Å². The maximum absolute atomic E-state index is 12.8. The van der Waals surface area contributed by atoms with Crippen LogP contribution >= 0.6 is 67.8 Å². The van der Waals surface area contributed by atoms with Crippen LogP contribution in [0.4, 0.5) is 8.78 Å². The molecule has 1 aromatic rings. The topological polar surface area (TPSA) is 110 Å². The Bertz CT molecular complexity index is 744.